The van der Waals surface area contributed by atoms with Gasteiger partial charge in [-0.15, -0.1) is 0 Å². The van der Waals surface area contributed by atoms with Crippen molar-refractivity contribution in [2.24, 2.45) is 0 Å². The number of carbonyl (C=O) groups is 1. The second kappa shape index (κ2) is 5.45. The van der Waals surface area contributed by atoms with Crippen LogP contribution in [0.25, 0.3) is 0 Å². The first-order valence-electron chi connectivity index (χ1n) is 5.57. The predicted octanol–water partition coefficient (Wildman–Crippen LogP) is 2.44. The molecule has 1 aromatic heterocycles. The Balaban J connectivity index is 3.09. The van der Waals surface area contributed by atoms with Crippen molar-refractivity contribution in [2.45, 2.75) is 38.5 Å². The van der Waals surface area contributed by atoms with Gasteiger partial charge in [0.05, 0.1) is 6.07 Å². The van der Waals surface area contributed by atoms with Gasteiger partial charge in [-0.05, 0) is 26.8 Å². The molecule has 0 saturated carbocycles. The van der Waals surface area contributed by atoms with Crippen LogP contribution in [0.3, 0.4) is 0 Å². The first-order valence-corrected chi connectivity index (χ1v) is 5.57. The van der Waals surface area contributed by atoms with Crippen LogP contribution in [-0.4, -0.2) is 21.5 Å². The highest BCUT2D eigenvalue weighted by atomic mass is 19.4. The van der Waals surface area contributed by atoms with Crippen LogP contribution in [-0.2, 0) is 15.7 Å². The van der Waals surface area contributed by atoms with E-state index in [4.69, 9.17) is 10.00 Å². The van der Waals surface area contributed by atoms with Crippen molar-refractivity contribution in [1.82, 2.24) is 9.97 Å². The molecule has 0 aliphatic carbocycles. The standard InChI is InChI=1S/C12H12F3N3O2/c1-11(2,3)20-10(19)7(6-16)9-17-5-4-8(18-9)12(13,14)15/h4-5,7H,1-3H3. The second-order valence-corrected chi connectivity index (χ2v) is 4.89. The summed E-state index contributed by atoms with van der Waals surface area (Å²) < 4.78 is 42.5. The summed E-state index contributed by atoms with van der Waals surface area (Å²) in [6.45, 7) is 4.73. The van der Waals surface area contributed by atoms with Gasteiger partial charge < -0.3 is 4.74 Å². The van der Waals surface area contributed by atoms with Gasteiger partial charge in [0.15, 0.2) is 5.82 Å². The van der Waals surface area contributed by atoms with E-state index in [1.165, 1.54) is 0 Å². The van der Waals surface area contributed by atoms with Crippen molar-refractivity contribution < 1.29 is 22.7 Å². The van der Waals surface area contributed by atoms with E-state index in [-0.39, 0.29) is 0 Å². The third kappa shape index (κ3) is 4.19. The molecule has 0 N–H and O–H groups in total. The fraction of sp³-hybridized carbons (Fsp3) is 0.500. The molecule has 1 rings (SSSR count). The Bertz CT molecular complexity index is 544. The summed E-state index contributed by atoms with van der Waals surface area (Å²) in [7, 11) is 0. The molecule has 1 unspecified atom stereocenters. The van der Waals surface area contributed by atoms with Gasteiger partial charge in [0, 0.05) is 6.20 Å². The molecular weight excluding hydrogens is 275 g/mol. The molecule has 0 spiro atoms. The average Bonchev–Trinajstić information content (AvgIpc) is 2.26. The third-order valence-corrected chi connectivity index (χ3v) is 1.99. The minimum atomic E-state index is -4.67. The molecule has 0 aromatic carbocycles. The molecule has 1 atom stereocenters. The van der Waals surface area contributed by atoms with E-state index in [9.17, 15) is 18.0 Å². The fourth-order valence-electron chi connectivity index (χ4n) is 1.25. The molecule has 108 valence electrons. The van der Waals surface area contributed by atoms with Gasteiger partial charge in [0.2, 0.25) is 5.92 Å². The third-order valence-electron chi connectivity index (χ3n) is 1.99. The Morgan fingerprint density at radius 2 is 2.00 bits per heavy atom. The number of halogens is 3. The van der Waals surface area contributed by atoms with E-state index in [0.29, 0.717) is 6.07 Å². The lowest BCUT2D eigenvalue weighted by atomic mass is 10.1. The molecule has 0 bridgehead atoms. The molecule has 0 radical (unpaired) electrons. The van der Waals surface area contributed by atoms with Crippen molar-refractivity contribution in [3.8, 4) is 6.07 Å². The monoisotopic (exact) mass is 287 g/mol. The topological polar surface area (TPSA) is 75.9 Å². The highest BCUT2D eigenvalue weighted by Crippen LogP contribution is 2.28. The van der Waals surface area contributed by atoms with E-state index < -0.39 is 35.2 Å². The summed E-state index contributed by atoms with van der Waals surface area (Å²) in [5.41, 5.74) is -2.08. The lowest BCUT2D eigenvalue weighted by Crippen LogP contribution is -2.28. The molecule has 0 saturated heterocycles. The van der Waals surface area contributed by atoms with Crippen LogP contribution in [0.15, 0.2) is 12.3 Å². The van der Waals surface area contributed by atoms with Gasteiger partial charge in [-0.1, -0.05) is 0 Å². The van der Waals surface area contributed by atoms with Crippen LogP contribution < -0.4 is 0 Å². The number of nitrogens with zero attached hydrogens (tertiary/aromatic N) is 3. The van der Waals surface area contributed by atoms with Gasteiger partial charge in [0.25, 0.3) is 0 Å². The van der Waals surface area contributed by atoms with Crippen molar-refractivity contribution >= 4 is 5.97 Å². The van der Waals surface area contributed by atoms with Crippen molar-refractivity contribution in [3.05, 3.63) is 23.8 Å². The molecule has 5 nitrogen and oxygen atoms in total. The number of hydrogen-bond acceptors (Lipinski definition) is 5. The fourth-order valence-corrected chi connectivity index (χ4v) is 1.25. The lowest BCUT2D eigenvalue weighted by molar-refractivity contribution is -0.155. The maximum atomic E-state index is 12.5. The van der Waals surface area contributed by atoms with E-state index in [1.54, 1.807) is 26.8 Å². The van der Waals surface area contributed by atoms with Crippen LogP contribution in [0.1, 0.15) is 38.2 Å². The predicted molar refractivity (Wildman–Crippen MR) is 61.2 cm³/mol. The van der Waals surface area contributed by atoms with Crippen molar-refractivity contribution in [1.29, 1.82) is 5.26 Å². The summed E-state index contributed by atoms with van der Waals surface area (Å²) in [6, 6.07) is 2.21. The molecule has 0 aliphatic rings. The minimum Gasteiger partial charge on any atom is -0.459 e. The molecule has 0 amide bonds. The summed E-state index contributed by atoms with van der Waals surface area (Å²) in [6.07, 6.45) is -3.83. The zero-order valence-corrected chi connectivity index (χ0v) is 11.0. The number of aromatic nitrogens is 2. The molecule has 0 fully saturated rings. The zero-order valence-electron chi connectivity index (χ0n) is 11.0. The van der Waals surface area contributed by atoms with Gasteiger partial charge in [-0.3, -0.25) is 4.79 Å². The zero-order chi connectivity index (χ0) is 15.6. The van der Waals surface area contributed by atoms with Crippen molar-refractivity contribution in [2.75, 3.05) is 0 Å². The summed E-state index contributed by atoms with van der Waals surface area (Å²) in [5, 5.41) is 8.93. The maximum absolute atomic E-state index is 12.5. The number of alkyl halides is 3. The Morgan fingerprint density at radius 1 is 1.40 bits per heavy atom. The van der Waals surface area contributed by atoms with Gasteiger partial charge in [0.1, 0.15) is 11.3 Å². The minimum absolute atomic E-state index is 0.531. The molecule has 8 heteroatoms. The molecule has 20 heavy (non-hydrogen) atoms. The number of esters is 1. The number of carbonyl (C=O) groups excluding carboxylic acids is 1. The van der Waals surface area contributed by atoms with Gasteiger partial charge in [-0.2, -0.15) is 18.4 Å². The molecule has 1 aromatic rings. The van der Waals surface area contributed by atoms with Crippen LogP contribution in [0.5, 0.6) is 0 Å². The molecule has 0 aliphatic heterocycles. The quantitative estimate of drug-likeness (QED) is 0.781. The SMILES string of the molecule is CC(C)(C)OC(=O)C(C#N)c1nccc(C(F)(F)F)n1. The van der Waals surface area contributed by atoms with Crippen LogP contribution >= 0.6 is 0 Å². The number of nitriles is 1. The second-order valence-electron chi connectivity index (χ2n) is 4.89. The molecule has 1 heterocycles. The molecular formula is C12H12F3N3O2. The Hall–Kier alpha value is -2.17. The van der Waals surface area contributed by atoms with Crippen molar-refractivity contribution in [3.63, 3.8) is 0 Å². The number of ether oxygens (including phenoxy) is 1. The number of rotatable bonds is 2. The van der Waals surface area contributed by atoms with E-state index in [2.05, 4.69) is 9.97 Å². The largest absolute Gasteiger partial charge is 0.459 e. The first-order chi connectivity index (χ1) is 9.04. The van der Waals surface area contributed by atoms with Crippen LogP contribution in [0.4, 0.5) is 13.2 Å². The Kier molecular flexibility index (Phi) is 4.33. The van der Waals surface area contributed by atoms with Crippen LogP contribution in [0, 0.1) is 11.3 Å². The highest BCUT2D eigenvalue weighted by Gasteiger charge is 2.35. The maximum Gasteiger partial charge on any atom is 0.433 e. The van der Waals surface area contributed by atoms with E-state index in [1.807, 2.05) is 0 Å². The van der Waals surface area contributed by atoms with Gasteiger partial charge in [-0.25, -0.2) is 9.97 Å². The van der Waals surface area contributed by atoms with Crippen LogP contribution in [0.2, 0.25) is 0 Å². The summed E-state index contributed by atoms with van der Waals surface area (Å²) in [4.78, 5) is 18.5. The van der Waals surface area contributed by atoms with E-state index >= 15 is 0 Å². The Morgan fingerprint density at radius 3 is 2.45 bits per heavy atom. The smallest absolute Gasteiger partial charge is 0.433 e. The Labute approximate surface area is 113 Å². The normalized spacial score (nSPS) is 13.4. The lowest BCUT2D eigenvalue weighted by Gasteiger charge is -2.21. The van der Waals surface area contributed by atoms with Gasteiger partial charge >= 0.3 is 12.1 Å². The summed E-state index contributed by atoms with van der Waals surface area (Å²) in [5.74, 6) is -3.12. The average molecular weight is 287 g/mol. The highest BCUT2D eigenvalue weighted by molar-refractivity contribution is 5.80. The summed E-state index contributed by atoms with van der Waals surface area (Å²) >= 11 is 0. The van der Waals surface area contributed by atoms with E-state index in [0.717, 1.165) is 6.20 Å². The number of hydrogen-bond donors (Lipinski definition) is 0. The first kappa shape index (κ1) is 15.9.